The quantitative estimate of drug-likeness (QED) is 0.901. The third-order valence-corrected chi connectivity index (χ3v) is 4.87. The zero-order valence-electron chi connectivity index (χ0n) is 12.9. The molecule has 0 aromatic heterocycles. The average molecular weight is 329 g/mol. The normalized spacial score (nSPS) is 25.8. The van der Waals surface area contributed by atoms with Gasteiger partial charge in [0.1, 0.15) is 6.04 Å². The van der Waals surface area contributed by atoms with Crippen molar-refractivity contribution in [3.63, 3.8) is 0 Å². The maximum Gasteiger partial charge on any atom is 0.406 e. The van der Waals surface area contributed by atoms with Crippen LogP contribution >= 0.6 is 0 Å². The van der Waals surface area contributed by atoms with E-state index in [4.69, 9.17) is 4.74 Å². The third-order valence-electron chi connectivity index (χ3n) is 4.87. The van der Waals surface area contributed by atoms with E-state index in [1.807, 2.05) is 24.3 Å². The summed E-state index contributed by atoms with van der Waals surface area (Å²) < 4.78 is 46.7. The maximum absolute atomic E-state index is 13.8. The van der Waals surface area contributed by atoms with Crippen molar-refractivity contribution in [2.75, 3.05) is 19.8 Å². The number of benzene rings is 1. The molecule has 0 spiro atoms. The van der Waals surface area contributed by atoms with Crippen molar-refractivity contribution >= 4 is 0 Å². The van der Waals surface area contributed by atoms with E-state index >= 15 is 0 Å². The van der Waals surface area contributed by atoms with E-state index < -0.39 is 18.3 Å². The van der Waals surface area contributed by atoms with E-state index in [0.29, 0.717) is 25.9 Å². The van der Waals surface area contributed by atoms with Crippen LogP contribution < -0.4 is 0 Å². The van der Waals surface area contributed by atoms with Crippen LogP contribution in [-0.4, -0.2) is 48.1 Å². The van der Waals surface area contributed by atoms with Gasteiger partial charge in [0.15, 0.2) is 0 Å². The van der Waals surface area contributed by atoms with Crippen LogP contribution in [0.4, 0.5) is 13.2 Å². The maximum atomic E-state index is 13.8. The highest BCUT2D eigenvalue weighted by Crippen LogP contribution is 2.42. The summed E-state index contributed by atoms with van der Waals surface area (Å²) in [6.07, 6.45) is -2.71. The molecule has 1 heterocycles. The molecule has 1 aromatic rings. The summed E-state index contributed by atoms with van der Waals surface area (Å²) in [7, 11) is 0. The molecule has 3 nitrogen and oxygen atoms in total. The lowest BCUT2D eigenvalue weighted by Gasteiger charge is -2.40. The first-order valence-electron chi connectivity index (χ1n) is 8.15. The lowest BCUT2D eigenvalue weighted by atomic mass is 10.00. The van der Waals surface area contributed by atoms with Crippen LogP contribution in [0.3, 0.4) is 0 Å². The number of nitrogens with zero attached hydrogens (tertiary/aromatic N) is 1. The largest absolute Gasteiger partial charge is 0.406 e. The lowest BCUT2D eigenvalue weighted by molar-refractivity contribution is -0.217. The molecule has 1 aromatic carbocycles. The molecule has 1 fully saturated rings. The van der Waals surface area contributed by atoms with E-state index in [1.54, 1.807) is 0 Å². The molecule has 0 radical (unpaired) electrons. The predicted octanol–water partition coefficient (Wildman–Crippen LogP) is 3.08. The Morgan fingerprint density at radius 3 is 2.70 bits per heavy atom. The van der Waals surface area contributed by atoms with Gasteiger partial charge in [-0.05, 0) is 36.8 Å². The first kappa shape index (κ1) is 16.7. The molecule has 1 aliphatic heterocycles. The average Bonchev–Trinajstić information content (AvgIpc) is 3.14. The van der Waals surface area contributed by atoms with Crippen molar-refractivity contribution < 1.29 is 23.0 Å². The second-order valence-corrected chi connectivity index (χ2v) is 6.25. The highest BCUT2D eigenvalue weighted by molar-refractivity contribution is 5.34. The molecule has 0 amide bonds. The number of rotatable bonds is 5. The lowest BCUT2D eigenvalue weighted by Crippen LogP contribution is -2.54. The topological polar surface area (TPSA) is 32.7 Å². The number of halogens is 3. The zero-order valence-corrected chi connectivity index (χ0v) is 12.9. The second kappa shape index (κ2) is 6.79. The van der Waals surface area contributed by atoms with Gasteiger partial charge in [0.05, 0.1) is 12.7 Å². The summed E-state index contributed by atoms with van der Waals surface area (Å²) in [6, 6.07) is 5.69. The molecule has 3 atom stereocenters. The van der Waals surface area contributed by atoms with Gasteiger partial charge in [-0.25, -0.2) is 0 Å². The first-order chi connectivity index (χ1) is 11.0. The fourth-order valence-corrected chi connectivity index (χ4v) is 3.95. The summed E-state index contributed by atoms with van der Waals surface area (Å²) >= 11 is 0. The molecular weight excluding hydrogens is 307 g/mol. The molecule has 2 aliphatic rings. The summed E-state index contributed by atoms with van der Waals surface area (Å²) in [6.45, 7) is 0.0898. The predicted molar refractivity (Wildman–Crippen MR) is 80.1 cm³/mol. The molecular formula is C17H22F3NO2. The molecule has 23 heavy (non-hydrogen) atoms. The Labute approximate surface area is 134 Å². The second-order valence-electron chi connectivity index (χ2n) is 6.25. The zero-order chi connectivity index (χ0) is 16.4. The van der Waals surface area contributed by atoms with Crippen LogP contribution in [-0.2, 0) is 11.2 Å². The minimum atomic E-state index is -4.37. The summed E-state index contributed by atoms with van der Waals surface area (Å²) in [4.78, 5) is 1.42. The Bertz CT molecular complexity index is 529. The number of aryl methyl sites for hydroxylation is 1. The van der Waals surface area contributed by atoms with Gasteiger partial charge in [0, 0.05) is 19.2 Å². The number of alkyl halides is 3. The van der Waals surface area contributed by atoms with E-state index in [-0.39, 0.29) is 19.2 Å². The van der Waals surface area contributed by atoms with Gasteiger partial charge in [-0.3, -0.25) is 4.90 Å². The number of ether oxygens (including phenoxy) is 1. The number of fused-ring (bicyclic) bond motifs is 1. The monoisotopic (exact) mass is 329 g/mol. The number of aliphatic hydroxyl groups excluding tert-OH is 1. The Morgan fingerprint density at radius 2 is 2.04 bits per heavy atom. The van der Waals surface area contributed by atoms with Crippen molar-refractivity contribution in [3.05, 3.63) is 35.4 Å². The van der Waals surface area contributed by atoms with Crippen LogP contribution in [0, 0.1) is 0 Å². The fourth-order valence-electron chi connectivity index (χ4n) is 3.95. The van der Waals surface area contributed by atoms with Crippen LogP contribution in [0.15, 0.2) is 24.3 Å². The smallest absolute Gasteiger partial charge is 0.395 e. The van der Waals surface area contributed by atoms with E-state index in [0.717, 1.165) is 17.5 Å². The SMILES string of the molecule is OCCN(C1CCc2ccccc21)C(C1CCCO1)C(F)(F)F. The van der Waals surface area contributed by atoms with Crippen LogP contribution in [0.25, 0.3) is 0 Å². The standard InChI is InChI=1S/C17H22F3NO2/c18-17(19,20)16(15-6-3-11-23-15)21(9-10-22)14-8-7-12-4-1-2-5-13(12)14/h1-2,4-5,14-16,22H,3,6-11H2. The van der Waals surface area contributed by atoms with Gasteiger partial charge in [-0.2, -0.15) is 13.2 Å². The summed E-state index contributed by atoms with van der Waals surface area (Å²) in [5, 5.41) is 9.35. The molecule has 6 heteroatoms. The molecule has 0 saturated carbocycles. The van der Waals surface area contributed by atoms with Crippen LogP contribution in [0.1, 0.15) is 36.4 Å². The highest BCUT2D eigenvalue weighted by Gasteiger charge is 2.51. The Hall–Kier alpha value is -1.11. The van der Waals surface area contributed by atoms with Crippen molar-refractivity contribution in [2.45, 2.75) is 50.0 Å². The number of hydrogen-bond donors (Lipinski definition) is 1. The van der Waals surface area contributed by atoms with E-state index in [2.05, 4.69) is 0 Å². The Balaban J connectivity index is 1.93. The number of hydrogen-bond acceptors (Lipinski definition) is 3. The molecule has 3 rings (SSSR count). The minimum absolute atomic E-state index is 0.00301. The Kier molecular flexibility index (Phi) is 4.94. The minimum Gasteiger partial charge on any atom is -0.395 e. The van der Waals surface area contributed by atoms with Gasteiger partial charge in [0.2, 0.25) is 0 Å². The van der Waals surface area contributed by atoms with Crippen LogP contribution in [0.2, 0.25) is 0 Å². The highest BCUT2D eigenvalue weighted by atomic mass is 19.4. The Morgan fingerprint density at radius 1 is 1.26 bits per heavy atom. The van der Waals surface area contributed by atoms with Gasteiger partial charge in [0.25, 0.3) is 0 Å². The molecule has 1 N–H and O–H groups in total. The van der Waals surface area contributed by atoms with Gasteiger partial charge >= 0.3 is 6.18 Å². The fraction of sp³-hybridized carbons (Fsp3) is 0.647. The number of aliphatic hydroxyl groups is 1. The van der Waals surface area contributed by atoms with E-state index in [9.17, 15) is 18.3 Å². The first-order valence-corrected chi connectivity index (χ1v) is 8.15. The van der Waals surface area contributed by atoms with E-state index in [1.165, 1.54) is 4.90 Å². The van der Waals surface area contributed by atoms with Crippen molar-refractivity contribution in [1.82, 2.24) is 4.90 Å². The third kappa shape index (κ3) is 3.39. The van der Waals surface area contributed by atoms with Crippen molar-refractivity contribution in [1.29, 1.82) is 0 Å². The molecule has 1 saturated heterocycles. The van der Waals surface area contributed by atoms with Crippen LogP contribution in [0.5, 0.6) is 0 Å². The van der Waals surface area contributed by atoms with Gasteiger partial charge in [-0.1, -0.05) is 24.3 Å². The summed E-state index contributed by atoms with van der Waals surface area (Å²) in [5.41, 5.74) is 2.06. The van der Waals surface area contributed by atoms with Gasteiger partial charge in [-0.15, -0.1) is 0 Å². The molecule has 0 bridgehead atoms. The van der Waals surface area contributed by atoms with Gasteiger partial charge < -0.3 is 9.84 Å². The molecule has 1 aliphatic carbocycles. The molecule has 128 valence electrons. The molecule has 3 unspecified atom stereocenters. The summed E-state index contributed by atoms with van der Waals surface area (Å²) in [5.74, 6) is 0. The van der Waals surface area contributed by atoms with Crippen molar-refractivity contribution in [2.24, 2.45) is 0 Å². The van der Waals surface area contributed by atoms with Crippen molar-refractivity contribution in [3.8, 4) is 0 Å².